The minimum Gasteiger partial charge on any atom is -0.341 e. The second-order valence-electron chi connectivity index (χ2n) is 3.05. The maximum atomic E-state index is 11.1. The van der Waals surface area contributed by atoms with Crippen LogP contribution in [-0.4, -0.2) is 36.6 Å². The molecule has 14 heavy (non-hydrogen) atoms. The number of amides is 2. The first-order valence-corrected chi connectivity index (χ1v) is 4.57. The standard InChI is InChI=1S/C10H15N3O/c1-11-10(14)13(2)8-6-9-5-3-4-7-12-9/h3-5,7H,6,8H2,1-2H3,(H,11,14). The van der Waals surface area contributed by atoms with E-state index in [9.17, 15) is 4.79 Å². The highest BCUT2D eigenvalue weighted by atomic mass is 16.2. The number of pyridine rings is 1. The van der Waals surface area contributed by atoms with Crippen molar-refractivity contribution in [2.24, 2.45) is 0 Å². The van der Waals surface area contributed by atoms with Gasteiger partial charge in [0.05, 0.1) is 0 Å². The first kappa shape index (κ1) is 10.5. The summed E-state index contributed by atoms with van der Waals surface area (Å²) in [5, 5.41) is 2.57. The zero-order valence-electron chi connectivity index (χ0n) is 8.53. The van der Waals surface area contributed by atoms with Gasteiger partial charge in [0.25, 0.3) is 0 Å². The van der Waals surface area contributed by atoms with Crippen LogP contribution in [0.4, 0.5) is 4.79 Å². The van der Waals surface area contributed by atoms with Crippen LogP contribution in [0.5, 0.6) is 0 Å². The molecule has 1 rings (SSSR count). The number of likely N-dealkylation sites (N-methyl/N-ethyl adjacent to an activating group) is 1. The van der Waals surface area contributed by atoms with Crippen LogP contribution in [-0.2, 0) is 6.42 Å². The van der Waals surface area contributed by atoms with E-state index in [4.69, 9.17) is 0 Å². The Labute approximate surface area is 83.9 Å². The van der Waals surface area contributed by atoms with Crippen LogP contribution in [0.15, 0.2) is 24.4 Å². The number of aromatic nitrogens is 1. The summed E-state index contributed by atoms with van der Waals surface area (Å²) < 4.78 is 0. The molecule has 0 radical (unpaired) electrons. The number of nitrogens with one attached hydrogen (secondary N) is 1. The van der Waals surface area contributed by atoms with Gasteiger partial charge in [-0.25, -0.2) is 4.79 Å². The summed E-state index contributed by atoms with van der Waals surface area (Å²) in [5.74, 6) is 0. The van der Waals surface area contributed by atoms with Crippen LogP contribution in [0.25, 0.3) is 0 Å². The highest BCUT2D eigenvalue weighted by molar-refractivity contribution is 5.73. The summed E-state index contributed by atoms with van der Waals surface area (Å²) in [6.45, 7) is 0.677. The van der Waals surface area contributed by atoms with Crippen LogP contribution >= 0.6 is 0 Å². The van der Waals surface area contributed by atoms with Crippen LogP contribution in [0, 0.1) is 0 Å². The van der Waals surface area contributed by atoms with E-state index in [1.165, 1.54) is 0 Å². The molecule has 2 amide bonds. The average molecular weight is 193 g/mol. The van der Waals surface area contributed by atoms with Crippen molar-refractivity contribution in [2.45, 2.75) is 6.42 Å². The highest BCUT2D eigenvalue weighted by Gasteiger charge is 2.05. The Morgan fingerprint density at radius 3 is 2.93 bits per heavy atom. The second-order valence-corrected chi connectivity index (χ2v) is 3.05. The third kappa shape index (κ3) is 3.05. The van der Waals surface area contributed by atoms with Crippen molar-refractivity contribution >= 4 is 6.03 Å². The molecule has 0 bridgehead atoms. The maximum Gasteiger partial charge on any atom is 0.316 e. The van der Waals surface area contributed by atoms with Crippen molar-refractivity contribution < 1.29 is 4.79 Å². The molecule has 76 valence electrons. The zero-order valence-corrected chi connectivity index (χ0v) is 8.53. The van der Waals surface area contributed by atoms with Crippen molar-refractivity contribution in [2.75, 3.05) is 20.6 Å². The first-order valence-electron chi connectivity index (χ1n) is 4.57. The van der Waals surface area contributed by atoms with Crippen molar-refractivity contribution in [3.05, 3.63) is 30.1 Å². The van der Waals surface area contributed by atoms with Crippen LogP contribution in [0.1, 0.15) is 5.69 Å². The van der Waals surface area contributed by atoms with E-state index in [0.29, 0.717) is 6.54 Å². The summed E-state index contributed by atoms with van der Waals surface area (Å²) in [5.41, 5.74) is 1.00. The number of urea groups is 1. The van der Waals surface area contributed by atoms with Crippen LogP contribution in [0.2, 0.25) is 0 Å². The largest absolute Gasteiger partial charge is 0.341 e. The van der Waals surface area contributed by atoms with E-state index >= 15 is 0 Å². The SMILES string of the molecule is CNC(=O)N(C)CCc1ccccn1. The van der Waals surface area contributed by atoms with Crippen molar-refractivity contribution in [3.63, 3.8) is 0 Å². The Kier molecular flexibility index (Phi) is 3.91. The summed E-state index contributed by atoms with van der Waals surface area (Å²) >= 11 is 0. The zero-order chi connectivity index (χ0) is 10.4. The number of nitrogens with zero attached hydrogens (tertiary/aromatic N) is 2. The molecular weight excluding hydrogens is 178 g/mol. The molecule has 0 spiro atoms. The fourth-order valence-corrected chi connectivity index (χ4v) is 1.12. The number of carbonyl (C=O) groups is 1. The quantitative estimate of drug-likeness (QED) is 0.775. The van der Waals surface area contributed by atoms with Gasteiger partial charge < -0.3 is 10.2 Å². The lowest BCUT2D eigenvalue weighted by molar-refractivity contribution is 0.211. The number of rotatable bonds is 3. The van der Waals surface area contributed by atoms with Crippen LogP contribution < -0.4 is 5.32 Å². The van der Waals surface area contributed by atoms with Gasteiger partial charge >= 0.3 is 6.03 Å². The highest BCUT2D eigenvalue weighted by Crippen LogP contribution is 1.96. The molecule has 0 aliphatic carbocycles. The monoisotopic (exact) mass is 193 g/mol. The number of hydrogen-bond donors (Lipinski definition) is 1. The molecule has 1 aromatic rings. The Morgan fingerprint density at radius 2 is 2.36 bits per heavy atom. The van der Waals surface area contributed by atoms with Gasteiger partial charge in [-0.1, -0.05) is 6.07 Å². The Hall–Kier alpha value is -1.58. The van der Waals surface area contributed by atoms with E-state index in [-0.39, 0.29) is 6.03 Å². The van der Waals surface area contributed by atoms with E-state index < -0.39 is 0 Å². The van der Waals surface area contributed by atoms with Gasteiger partial charge in [0.15, 0.2) is 0 Å². The van der Waals surface area contributed by atoms with Crippen LogP contribution in [0.3, 0.4) is 0 Å². The van der Waals surface area contributed by atoms with Crippen molar-refractivity contribution in [1.82, 2.24) is 15.2 Å². The molecule has 0 saturated heterocycles. The minimum atomic E-state index is -0.0686. The predicted octanol–water partition coefficient (Wildman–Crippen LogP) is 0.895. The molecule has 0 atom stereocenters. The topological polar surface area (TPSA) is 45.2 Å². The summed E-state index contributed by atoms with van der Waals surface area (Å²) in [4.78, 5) is 16.9. The molecule has 4 heteroatoms. The minimum absolute atomic E-state index is 0.0686. The van der Waals surface area contributed by atoms with E-state index in [0.717, 1.165) is 12.1 Å². The molecule has 1 heterocycles. The normalized spacial score (nSPS) is 9.57. The molecule has 1 N–H and O–H groups in total. The fraction of sp³-hybridized carbons (Fsp3) is 0.400. The molecule has 0 saturated carbocycles. The van der Waals surface area contributed by atoms with Gasteiger partial charge in [-0.15, -0.1) is 0 Å². The first-order chi connectivity index (χ1) is 6.74. The van der Waals surface area contributed by atoms with Gasteiger partial charge in [-0.3, -0.25) is 4.98 Å². The Balaban J connectivity index is 2.38. The summed E-state index contributed by atoms with van der Waals surface area (Å²) in [7, 11) is 3.39. The van der Waals surface area contributed by atoms with Gasteiger partial charge in [0.1, 0.15) is 0 Å². The maximum absolute atomic E-state index is 11.1. The molecule has 0 fully saturated rings. The molecule has 0 aliphatic rings. The van der Waals surface area contributed by atoms with Crippen molar-refractivity contribution in [1.29, 1.82) is 0 Å². The summed E-state index contributed by atoms with van der Waals surface area (Å²) in [6, 6.07) is 5.72. The van der Waals surface area contributed by atoms with Gasteiger partial charge in [-0.2, -0.15) is 0 Å². The van der Waals surface area contributed by atoms with E-state index in [1.807, 2.05) is 18.2 Å². The van der Waals surface area contributed by atoms with Crippen molar-refractivity contribution in [3.8, 4) is 0 Å². The van der Waals surface area contributed by atoms with Gasteiger partial charge in [0.2, 0.25) is 0 Å². The lowest BCUT2D eigenvalue weighted by Gasteiger charge is -2.15. The molecular formula is C10H15N3O. The number of hydrogen-bond acceptors (Lipinski definition) is 2. The molecule has 4 nitrogen and oxygen atoms in total. The average Bonchev–Trinajstić information content (AvgIpc) is 2.26. The third-order valence-electron chi connectivity index (χ3n) is 1.99. The number of carbonyl (C=O) groups excluding carboxylic acids is 1. The lowest BCUT2D eigenvalue weighted by Crippen LogP contribution is -2.36. The second kappa shape index (κ2) is 5.21. The van der Waals surface area contributed by atoms with E-state index in [1.54, 1.807) is 25.2 Å². The third-order valence-corrected chi connectivity index (χ3v) is 1.99. The Bertz CT molecular complexity index is 287. The predicted molar refractivity (Wildman–Crippen MR) is 55.0 cm³/mol. The smallest absolute Gasteiger partial charge is 0.316 e. The van der Waals surface area contributed by atoms with E-state index in [2.05, 4.69) is 10.3 Å². The molecule has 1 aromatic heterocycles. The molecule has 0 unspecified atom stereocenters. The summed E-state index contributed by atoms with van der Waals surface area (Å²) in [6.07, 6.45) is 2.54. The van der Waals surface area contributed by atoms with Gasteiger partial charge in [0, 0.05) is 39.0 Å². The molecule has 0 aliphatic heterocycles. The Morgan fingerprint density at radius 1 is 1.57 bits per heavy atom. The molecule has 0 aromatic carbocycles. The fourth-order valence-electron chi connectivity index (χ4n) is 1.12. The lowest BCUT2D eigenvalue weighted by atomic mass is 10.2. The van der Waals surface area contributed by atoms with Gasteiger partial charge in [-0.05, 0) is 12.1 Å².